The minimum atomic E-state index is -1.05. The summed E-state index contributed by atoms with van der Waals surface area (Å²) in [6.07, 6.45) is 0.946. The van der Waals surface area contributed by atoms with Gasteiger partial charge in [-0.15, -0.1) is 0 Å². The highest BCUT2D eigenvalue weighted by Gasteiger charge is 2.70. The number of piperidine rings is 1. The van der Waals surface area contributed by atoms with Crippen LogP contribution >= 0.6 is 0 Å². The number of carbonyl (C=O) groups excluding carboxylic acids is 5. The lowest BCUT2D eigenvalue weighted by Gasteiger charge is -2.38. The number of fused-ring (bicyclic) bond motifs is 1. The van der Waals surface area contributed by atoms with Crippen LogP contribution in [0.1, 0.15) is 81.6 Å². The Morgan fingerprint density at radius 3 is 2.13 bits per heavy atom. The number of hydrogen-bond donors (Lipinski definition) is 3. The quantitative estimate of drug-likeness (QED) is 0.286. The first kappa shape index (κ1) is 31.5. The molecule has 216 valence electrons. The fourth-order valence-electron chi connectivity index (χ4n) is 5.29. The first-order valence-corrected chi connectivity index (χ1v) is 13.3. The maximum atomic E-state index is 13.9. The molecule has 1 saturated carbocycles. The van der Waals surface area contributed by atoms with E-state index in [2.05, 4.69) is 29.3 Å². The van der Waals surface area contributed by atoms with Crippen LogP contribution in [-0.4, -0.2) is 71.9 Å². The molecule has 0 aromatic carbocycles. The number of nitrogens with zero attached hydrogens (tertiary/aromatic N) is 1. The molecule has 1 saturated heterocycles. The summed E-state index contributed by atoms with van der Waals surface area (Å²) in [5.74, 6) is -2.64. The number of hydroxylamine groups is 1. The lowest BCUT2D eigenvalue weighted by atomic mass is 9.85. The van der Waals surface area contributed by atoms with Crippen LogP contribution in [0.25, 0.3) is 0 Å². The van der Waals surface area contributed by atoms with E-state index in [1.807, 2.05) is 33.2 Å². The van der Waals surface area contributed by atoms with Gasteiger partial charge in [-0.2, -0.15) is 0 Å². The first-order chi connectivity index (χ1) is 17.4. The molecule has 0 radical (unpaired) electrons. The van der Waals surface area contributed by atoms with Crippen molar-refractivity contribution >= 4 is 29.6 Å². The molecule has 0 spiro atoms. The van der Waals surface area contributed by atoms with E-state index in [4.69, 9.17) is 4.74 Å². The highest BCUT2D eigenvalue weighted by atomic mass is 16.6. The van der Waals surface area contributed by atoms with Gasteiger partial charge in [0.2, 0.25) is 17.6 Å². The largest absolute Gasteiger partial charge is 0.444 e. The number of hydrogen-bond acceptors (Lipinski definition) is 7. The van der Waals surface area contributed by atoms with E-state index in [0.29, 0.717) is 13.0 Å². The molecule has 0 aromatic rings. The molecule has 11 heteroatoms. The van der Waals surface area contributed by atoms with Crippen molar-refractivity contribution in [2.24, 2.45) is 22.7 Å². The smallest absolute Gasteiger partial charge is 0.408 e. The van der Waals surface area contributed by atoms with Crippen LogP contribution in [0, 0.1) is 22.7 Å². The van der Waals surface area contributed by atoms with Crippen molar-refractivity contribution in [1.29, 1.82) is 0 Å². The van der Waals surface area contributed by atoms with E-state index in [-0.39, 0.29) is 29.6 Å². The molecule has 2 rings (SSSR count). The van der Waals surface area contributed by atoms with Crippen molar-refractivity contribution < 1.29 is 33.5 Å². The number of Topliss-reactive ketones (excluding diaryl/α,β-unsaturated/α-hetero) is 1. The summed E-state index contributed by atoms with van der Waals surface area (Å²) in [7, 11) is 1.22. The maximum Gasteiger partial charge on any atom is 0.408 e. The molecule has 1 aliphatic carbocycles. The Morgan fingerprint density at radius 1 is 1.03 bits per heavy atom. The van der Waals surface area contributed by atoms with E-state index >= 15 is 0 Å². The fraction of sp³-hybridized carbons (Fsp3) is 0.815. The second-order valence-electron chi connectivity index (χ2n) is 13.0. The summed E-state index contributed by atoms with van der Waals surface area (Å²) in [5, 5.41) is 5.46. The molecule has 2 aliphatic rings. The number of carbonyl (C=O) groups is 5. The van der Waals surface area contributed by atoms with Crippen molar-refractivity contribution in [3.63, 3.8) is 0 Å². The van der Waals surface area contributed by atoms with Crippen LogP contribution in [0.3, 0.4) is 0 Å². The van der Waals surface area contributed by atoms with E-state index in [1.165, 1.54) is 12.0 Å². The number of ether oxygens (including phenoxy) is 1. The number of rotatable bonds is 10. The lowest BCUT2D eigenvalue weighted by molar-refractivity contribution is -0.147. The lowest BCUT2D eigenvalue weighted by Crippen LogP contribution is -2.60. The first-order valence-electron chi connectivity index (χ1n) is 13.3. The van der Waals surface area contributed by atoms with Crippen LogP contribution in [0.4, 0.5) is 4.79 Å². The zero-order valence-corrected chi connectivity index (χ0v) is 24.5. The number of ketones is 1. The standard InChI is InChI=1S/C27H46N4O7/c1-11-12-13-16(19(32)22(34)30-37-10)28-21(33)18-17-15(27(17,8)9)14-31(18)23(35)20(25(2,3)4)29-24(36)38-26(5,6)7/h15-18,20H,11-14H2,1-10H3,(H,28,33)(H,29,36)(H,30,34)/t15-,16?,17-,18-,20?/m0/s1. The van der Waals surface area contributed by atoms with Gasteiger partial charge in [-0.3, -0.25) is 24.0 Å². The molecule has 0 aromatic heterocycles. The zero-order valence-electron chi connectivity index (χ0n) is 24.5. The molecule has 3 N–H and O–H groups in total. The Bertz CT molecular complexity index is 935. The Morgan fingerprint density at radius 2 is 1.63 bits per heavy atom. The highest BCUT2D eigenvalue weighted by molar-refractivity contribution is 6.38. The molecular formula is C27H46N4O7. The number of nitrogens with one attached hydrogen (secondary N) is 3. The second-order valence-corrected chi connectivity index (χ2v) is 13.0. The molecular weight excluding hydrogens is 492 g/mol. The molecule has 11 nitrogen and oxygen atoms in total. The van der Waals surface area contributed by atoms with Crippen LogP contribution in [0.2, 0.25) is 0 Å². The third-order valence-corrected chi connectivity index (χ3v) is 7.43. The van der Waals surface area contributed by atoms with Gasteiger partial charge < -0.3 is 20.3 Å². The molecule has 2 fully saturated rings. The van der Waals surface area contributed by atoms with Gasteiger partial charge >= 0.3 is 12.0 Å². The molecule has 1 heterocycles. The normalized spacial score (nSPS) is 23.5. The number of unbranched alkanes of at least 4 members (excludes halogenated alkanes) is 1. The third-order valence-electron chi connectivity index (χ3n) is 7.43. The maximum absolute atomic E-state index is 13.9. The summed E-state index contributed by atoms with van der Waals surface area (Å²) in [4.78, 5) is 71.2. The van der Waals surface area contributed by atoms with Crippen LogP contribution < -0.4 is 16.1 Å². The predicted octanol–water partition coefficient (Wildman–Crippen LogP) is 2.33. The number of alkyl carbamates (subject to hydrolysis) is 1. The summed E-state index contributed by atoms with van der Waals surface area (Å²) in [6.45, 7) is 17.1. The van der Waals surface area contributed by atoms with E-state index in [9.17, 15) is 24.0 Å². The Labute approximate surface area is 226 Å². The third kappa shape index (κ3) is 7.24. The van der Waals surface area contributed by atoms with Gasteiger partial charge in [-0.1, -0.05) is 54.4 Å². The Balaban J connectivity index is 2.32. The van der Waals surface area contributed by atoms with E-state index in [0.717, 1.165) is 6.42 Å². The fourth-order valence-corrected chi connectivity index (χ4v) is 5.29. The number of amides is 4. The molecule has 2 unspecified atom stereocenters. The topological polar surface area (TPSA) is 143 Å². The average molecular weight is 539 g/mol. The molecule has 4 amide bonds. The molecule has 5 atom stereocenters. The SMILES string of the molecule is CCCCC(NC(=O)[C@@H]1[C@@H]2[C@H](CN1C(=O)C(NC(=O)OC(C)(C)C)C(C)(C)C)C2(C)C)C(=O)C(=O)NOC. The van der Waals surface area contributed by atoms with Crippen molar-refractivity contribution in [3.8, 4) is 0 Å². The Kier molecular flexibility index (Phi) is 9.62. The average Bonchev–Trinajstić information content (AvgIpc) is 3.11. The van der Waals surface area contributed by atoms with Crippen molar-refractivity contribution in [1.82, 2.24) is 21.0 Å². The van der Waals surface area contributed by atoms with E-state index < -0.39 is 52.8 Å². The summed E-state index contributed by atoms with van der Waals surface area (Å²) < 4.78 is 5.39. The van der Waals surface area contributed by atoms with Crippen molar-refractivity contribution in [2.75, 3.05) is 13.7 Å². The van der Waals surface area contributed by atoms with Crippen LogP contribution in [-0.2, 0) is 28.8 Å². The molecule has 1 aliphatic heterocycles. The van der Waals surface area contributed by atoms with Crippen LogP contribution in [0.5, 0.6) is 0 Å². The van der Waals surface area contributed by atoms with Gasteiger partial charge in [-0.05, 0) is 49.9 Å². The zero-order chi connectivity index (χ0) is 29.2. The molecule has 0 bridgehead atoms. The van der Waals surface area contributed by atoms with Crippen LogP contribution in [0.15, 0.2) is 0 Å². The van der Waals surface area contributed by atoms with Gasteiger partial charge in [0.25, 0.3) is 0 Å². The minimum Gasteiger partial charge on any atom is -0.444 e. The van der Waals surface area contributed by atoms with Gasteiger partial charge in [0.05, 0.1) is 13.2 Å². The molecule has 38 heavy (non-hydrogen) atoms. The summed E-state index contributed by atoms with van der Waals surface area (Å²) >= 11 is 0. The summed E-state index contributed by atoms with van der Waals surface area (Å²) in [5.41, 5.74) is 0.435. The van der Waals surface area contributed by atoms with E-state index in [1.54, 1.807) is 20.8 Å². The monoisotopic (exact) mass is 538 g/mol. The number of likely N-dealkylation sites (tertiary alicyclic amines) is 1. The van der Waals surface area contributed by atoms with Gasteiger partial charge in [0.15, 0.2) is 0 Å². The minimum absolute atomic E-state index is 0.103. The van der Waals surface area contributed by atoms with Gasteiger partial charge in [0.1, 0.15) is 17.7 Å². The summed E-state index contributed by atoms with van der Waals surface area (Å²) in [6, 6.07) is -2.83. The second kappa shape index (κ2) is 11.6. The predicted molar refractivity (Wildman–Crippen MR) is 140 cm³/mol. The Hall–Kier alpha value is -2.69. The van der Waals surface area contributed by atoms with Gasteiger partial charge in [-0.25, -0.2) is 10.3 Å². The van der Waals surface area contributed by atoms with Crippen molar-refractivity contribution in [3.05, 3.63) is 0 Å². The van der Waals surface area contributed by atoms with Crippen molar-refractivity contribution in [2.45, 2.75) is 105 Å². The van der Waals surface area contributed by atoms with Gasteiger partial charge in [0, 0.05) is 6.54 Å². The highest BCUT2D eigenvalue weighted by Crippen LogP contribution is 2.65.